The van der Waals surface area contributed by atoms with Gasteiger partial charge in [-0.2, -0.15) is 14.6 Å². The molecular weight excluding hydrogens is 319 g/mol. The van der Waals surface area contributed by atoms with E-state index in [2.05, 4.69) is 15.5 Å². The minimum absolute atomic E-state index is 0. The third-order valence-electron chi connectivity index (χ3n) is 3.11. The lowest BCUT2D eigenvalue weighted by molar-refractivity contribution is 0.121. The average molecular weight is 338 g/mol. The van der Waals surface area contributed by atoms with Crippen LogP contribution in [0.3, 0.4) is 0 Å². The van der Waals surface area contributed by atoms with Gasteiger partial charge in [0.25, 0.3) is 6.43 Å². The summed E-state index contributed by atoms with van der Waals surface area (Å²) >= 11 is 0. The maximum absolute atomic E-state index is 13.9. The Hall–Kier alpha value is -1.54. The molecule has 0 atom stereocenters. The molecule has 124 valence electrons. The minimum atomic E-state index is -2.43. The van der Waals surface area contributed by atoms with E-state index in [1.54, 1.807) is 13.0 Å². The van der Waals surface area contributed by atoms with E-state index in [4.69, 9.17) is 0 Å². The molecule has 0 spiro atoms. The lowest BCUT2D eigenvalue weighted by Gasteiger charge is -2.03. The number of hydrogen-bond donors (Lipinski definition) is 1. The zero-order valence-electron chi connectivity index (χ0n) is 12.4. The molecule has 2 heterocycles. The van der Waals surface area contributed by atoms with Crippen LogP contribution in [0.25, 0.3) is 0 Å². The van der Waals surface area contributed by atoms with Crippen LogP contribution in [0, 0.1) is 12.9 Å². The Labute approximate surface area is 132 Å². The number of nitrogens with zero attached hydrogens (tertiary/aromatic N) is 4. The lowest BCUT2D eigenvalue weighted by Crippen LogP contribution is -2.15. The molecule has 0 aliphatic rings. The van der Waals surface area contributed by atoms with E-state index in [1.807, 2.05) is 6.92 Å². The second-order valence-electron chi connectivity index (χ2n) is 4.69. The minimum Gasteiger partial charge on any atom is -0.307 e. The predicted octanol–water partition coefficient (Wildman–Crippen LogP) is 2.52. The van der Waals surface area contributed by atoms with Gasteiger partial charge in [0.15, 0.2) is 0 Å². The van der Waals surface area contributed by atoms with Crippen molar-refractivity contribution in [3.63, 3.8) is 0 Å². The van der Waals surface area contributed by atoms with Gasteiger partial charge in [0.1, 0.15) is 6.54 Å². The molecule has 0 aliphatic heterocycles. The topological polar surface area (TPSA) is 47.7 Å². The van der Waals surface area contributed by atoms with Gasteiger partial charge in [-0.15, -0.1) is 12.4 Å². The molecule has 0 unspecified atom stereocenters. The van der Waals surface area contributed by atoms with Gasteiger partial charge in [0.2, 0.25) is 5.95 Å². The van der Waals surface area contributed by atoms with Crippen LogP contribution in [-0.4, -0.2) is 26.0 Å². The molecule has 9 heteroatoms. The van der Waals surface area contributed by atoms with Crippen LogP contribution in [0.2, 0.25) is 0 Å². The highest BCUT2D eigenvalue weighted by Crippen LogP contribution is 2.12. The highest BCUT2D eigenvalue weighted by Gasteiger charge is 2.13. The summed E-state index contributed by atoms with van der Waals surface area (Å²) in [5.41, 5.74) is 1.80. The van der Waals surface area contributed by atoms with Crippen molar-refractivity contribution in [2.75, 3.05) is 0 Å². The number of rotatable bonds is 7. The van der Waals surface area contributed by atoms with Crippen molar-refractivity contribution in [2.45, 2.75) is 46.5 Å². The molecule has 5 nitrogen and oxygen atoms in total. The SMILES string of the molecule is CCn1nc(C)c(CNCc2ccn(CC(F)F)n2)c1F.Cl. The smallest absolute Gasteiger partial charge is 0.257 e. The van der Waals surface area contributed by atoms with Crippen LogP contribution in [0.4, 0.5) is 13.2 Å². The fourth-order valence-electron chi connectivity index (χ4n) is 2.06. The monoisotopic (exact) mass is 337 g/mol. The number of halogens is 4. The van der Waals surface area contributed by atoms with Gasteiger partial charge < -0.3 is 5.32 Å². The summed E-state index contributed by atoms with van der Waals surface area (Å²) in [7, 11) is 0. The Morgan fingerprint density at radius 2 is 2.00 bits per heavy atom. The van der Waals surface area contributed by atoms with Gasteiger partial charge in [0, 0.05) is 31.4 Å². The van der Waals surface area contributed by atoms with Crippen LogP contribution < -0.4 is 5.32 Å². The van der Waals surface area contributed by atoms with Crippen molar-refractivity contribution in [1.82, 2.24) is 24.9 Å². The first-order chi connectivity index (χ1) is 10.0. The van der Waals surface area contributed by atoms with Crippen molar-refractivity contribution in [3.8, 4) is 0 Å². The van der Waals surface area contributed by atoms with E-state index < -0.39 is 13.0 Å². The molecule has 0 fully saturated rings. The number of nitrogens with one attached hydrogen (secondary N) is 1. The van der Waals surface area contributed by atoms with Gasteiger partial charge >= 0.3 is 0 Å². The van der Waals surface area contributed by atoms with Crippen LogP contribution in [0.1, 0.15) is 23.9 Å². The summed E-state index contributed by atoms with van der Waals surface area (Å²) in [5.74, 6) is -0.342. The first kappa shape index (κ1) is 18.5. The van der Waals surface area contributed by atoms with Gasteiger partial charge in [-0.1, -0.05) is 0 Å². The molecule has 2 aromatic rings. The maximum atomic E-state index is 13.9. The number of aromatic nitrogens is 4. The highest BCUT2D eigenvalue weighted by atomic mass is 35.5. The zero-order chi connectivity index (χ0) is 15.4. The fourth-order valence-corrected chi connectivity index (χ4v) is 2.06. The van der Waals surface area contributed by atoms with Crippen LogP contribution in [0.5, 0.6) is 0 Å². The summed E-state index contributed by atoms with van der Waals surface area (Å²) in [6.45, 7) is 4.33. The molecule has 0 amide bonds. The molecule has 1 N–H and O–H groups in total. The zero-order valence-corrected chi connectivity index (χ0v) is 13.2. The summed E-state index contributed by atoms with van der Waals surface area (Å²) in [4.78, 5) is 0. The van der Waals surface area contributed by atoms with Gasteiger partial charge in [-0.25, -0.2) is 13.5 Å². The van der Waals surface area contributed by atoms with Crippen molar-refractivity contribution < 1.29 is 13.2 Å². The summed E-state index contributed by atoms with van der Waals surface area (Å²) < 4.78 is 40.8. The van der Waals surface area contributed by atoms with Crippen LogP contribution >= 0.6 is 12.4 Å². The molecule has 0 radical (unpaired) electrons. The van der Waals surface area contributed by atoms with Gasteiger partial charge in [-0.05, 0) is 19.9 Å². The van der Waals surface area contributed by atoms with Crippen molar-refractivity contribution in [3.05, 3.63) is 35.2 Å². The lowest BCUT2D eigenvalue weighted by atomic mass is 10.2. The molecule has 2 rings (SSSR count). The molecule has 0 aliphatic carbocycles. The molecule has 0 saturated carbocycles. The largest absolute Gasteiger partial charge is 0.307 e. The van der Waals surface area contributed by atoms with E-state index >= 15 is 0 Å². The van der Waals surface area contributed by atoms with Gasteiger partial charge in [-0.3, -0.25) is 4.68 Å². The van der Waals surface area contributed by atoms with Crippen molar-refractivity contribution in [1.29, 1.82) is 0 Å². The molecular formula is C13H19ClF3N5. The van der Waals surface area contributed by atoms with Crippen LogP contribution in [-0.2, 0) is 26.2 Å². The third kappa shape index (κ3) is 4.48. The first-order valence-corrected chi connectivity index (χ1v) is 6.74. The Balaban J connectivity index is 0.00000242. The Morgan fingerprint density at radius 1 is 1.27 bits per heavy atom. The number of alkyl halides is 2. The van der Waals surface area contributed by atoms with Crippen molar-refractivity contribution >= 4 is 12.4 Å². The summed E-state index contributed by atoms with van der Waals surface area (Å²) in [6.07, 6.45) is -0.924. The Morgan fingerprint density at radius 3 is 2.59 bits per heavy atom. The molecule has 2 aromatic heterocycles. The van der Waals surface area contributed by atoms with E-state index in [0.29, 0.717) is 36.6 Å². The standard InChI is InChI=1S/C13H18F3N5.ClH/c1-3-21-13(16)11(9(2)18-21)7-17-6-10-4-5-20(19-10)8-12(14)15;/h4-5,12,17H,3,6-8H2,1-2H3;1H. The molecule has 0 aromatic carbocycles. The Kier molecular flexibility index (Phi) is 6.89. The molecule has 22 heavy (non-hydrogen) atoms. The van der Waals surface area contributed by atoms with E-state index in [9.17, 15) is 13.2 Å². The third-order valence-corrected chi connectivity index (χ3v) is 3.11. The summed E-state index contributed by atoms with van der Waals surface area (Å²) in [5, 5.41) is 11.1. The normalized spacial score (nSPS) is 11.0. The van der Waals surface area contributed by atoms with E-state index in [0.717, 1.165) is 0 Å². The number of aryl methyl sites for hydroxylation is 2. The maximum Gasteiger partial charge on any atom is 0.257 e. The molecule has 0 bridgehead atoms. The average Bonchev–Trinajstić information content (AvgIpc) is 2.96. The second-order valence-corrected chi connectivity index (χ2v) is 4.69. The van der Waals surface area contributed by atoms with Crippen LogP contribution in [0.15, 0.2) is 12.3 Å². The van der Waals surface area contributed by atoms with E-state index in [1.165, 1.54) is 15.6 Å². The highest BCUT2D eigenvalue weighted by molar-refractivity contribution is 5.85. The quantitative estimate of drug-likeness (QED) is 0.844. The predicted molar refractivity (Wildman–Crippen MR) is 78.6 cm³/mol. The second kappa shape index (κ2) is 8.19. The fraction of sp³-hybridized carbons (Fsp3) is 0.538. The Bertz CT molecular complexity index is 597. The van der Waals surface area contributed by atoms with Crippen molar-refractivity contribution in [2.24, 2.45) is 0 Å². The van der Waals surface area contributed by atoms with E-state index in [-0.39, 0.29) is 18.4 Å². The summed E-state index contributed by atoms with van der Waals surface area (Å²) in [6, 6.07) is 1.66. The van der Waals surface area contributed by atoms with Gasteiger partial charge in [0.05, 0.1) is 11.4 Å². The molecule has 0 saturated heterocycles. The number of hydrogen-bond acceptors (Lipinski definition) is 3. The first-order valence-electron chi connectivity index (χ1n) is 6.74.